The number of fused-ring (bicyclic) bond motifs is 2. The molecule has 100 valence electrons. The van der Waals surface area contributed by atoms with Gasteiger partial charge in [0, 0.05) is 23.7 Å². The predicted octanol–water partition coefficient (Wildman–Crippen LogP) is 4.29. The van der Waals surface area contributed by atoms with Gasteiger partial charge in [0.15, 0.2) is 0 Å². The van der Waals surface area contributed by atoms with Crippen LogP contribution in [0.3, 0.4) is 0 Å². The Hall–Kier alpha value is -2.61. The summed E-state index contributed by atoms with van der Waals surface area (Å²) >= 11 is 0. The van der Waals surface area contributed by atoms with Crippen LogP contribution in [0.2, 0.25) is 0 Å². The number of aromatic amines is 1. The molecule has 0 bridgehead atoms. The largest absolute Gasteiger partial charge is 0.364 e. The molecule has 1 aliphatic carbocycles. The smallest absolute Gasteiger partial charge is 0.0807 e. The van der Waals surface area contributed by atoms with Crippen molar-refractivity contribution in [1.29, 1.82) is 0 Å². The summed E-state index contributed by atoms with van der Waals surface area (Å²) in [5.74, 6) is 0.281. The number of hydrogen-bond donors (Lipinski definition) is 1. The van der Waals surface area contributed by atoms with Crippen molar-refractivity contribution in [3.8, 4) is 11.1 Å². The Morgan fingerprint density at radius 3 is 2.71 bits per heavy atom. The van der Waals surface area contributed by atoms with Crippen LogP contribution < -0.4 is 0 Å². The number of aliphatic imine (C=N–C) groups is 1. The van der Waals surface area contributed by atoms with Gasteiger partial charge >= 0.3 is 0 Å². The zero-order valence-corrected chi connectivity index (χ0v) is 11.5. The summed E-state index contributed by atoms with van der Waals surface area (Å²) in [5, 5.41) is 2.69. The van der Waals surface area contributed by atoms with E-state index in [-0.39, 0.29) is 12.0 Å². The molecule has 2 atom stereocenters. The number of H-pyrrole nitrogens is 1. The number of nitrogens with one attached hydrogen (secondary N) is 1. The Morgan fingerprint density at radius 1 is 0.952 bits per heavy atom. The van der Waals surface area contributed by atoms with E-state index in [9.17, 15) is 0 Å². The quantitative estimate of drug-likeness (QED) is 0.683. The van der Waals surface area contributed by atoms with Gasteiger partial charge < -0.3 is 4.98 Å². The van der Waals surface area contributed by atoms with Crippen molar-refractivity contribution in [2.75, 3.05) is 0 Å². The van der Waals surface area contributed by atoms with Crippen molar-refractivity contribution in [1.82, 2.24) is 4.98 Å². The molecule has 21 heavy (non-hydrogen) atoms. The second-order valence-corrected chi connectivity index (χ2v) is 5.71. The zero-order valence-electron chi connectivity index (χ0n) is 11.5. The minimum absolute atomic E-state index is 0.196. The Bertz CT molecular complexity index is 897. The van der Waals surface area contributed by atoms with Crippen molar-refractivity contribution in [2.45, 2.75) is 12.0 Å². The third-order valence-corrected chi connectivity index (χ3v) is 4.65. The van der Waals surface area contributed by atoms with E-state index in [0.29, 0.717) is 0 Å². The topological polar surface area (TPSA) is 28.1 Å². The molecule has 2 heteroatoms. The maximum Gasteiger partial charge on any atom is 0.0807 e. The summed E-state index contributed by atoms with van der Waals surface area (Å²) < 4.78 is 0. The van der Waals surface area contributed by atoms with Crippen molar-refractivity contribution in [2.24, 2.45) is 4.99 Å². The van der Waals surface area contributed by atoms with Crippen molar-refractivity contribution >= 4 is 17.0 Å². The summed E-state index contributed by atoms with van der Waals surface area (Å²) in [6.45, 7) is 0. The summed E-state index contributed by atoms with van der Waals surface area (Å²) in [6, 6.07) is 15.6. The highest BCUT2D eigenvalue weighted by Gasteiger charge is 2.32. The summed E-state index contributed by atoms with van der Waals surface area (Å²) in [5.41, 5.74) is 5.32. The fourth-order valence-electron chi connectivity index (χ4n) is 3.80. The van der Waals surface area contributed by atoms with Crippen LogP contribution >= 0.6 is 0 Å². The van der Waals surface area contributed by atoms with Gasteiger partial charge in [-0.05, 0) is 34.0 Å². The third kappa shape index (κ3) is 1.39. The molecular weight excluding hydrogens is 256 g/mol. The van der Waals surface area contributed by atoms with E-state index >= 15 is 0 Å². The molecule has 0 amide bonds. The number of aromatic nitrogens is 1. The van der Waals surface area contributed by atoms with Gasteiger partial charge in [-0.15, -0.1) is 0 Å². The molecule has 2 aliphatic rings. The SMILES string of the molecule is C1=CC(C2c3[nH]ccc3-c3cccc4cccc2c34)N=C1. The first kappa shape index (κ1) is 11.1. The molecule has 0 spiro atoms. The van der Waals surface area contributed by atoms with Gasteiger partial charge in [-0.3, -0.25) is 4.99 Å². The molecule has 0 radical (unpaired) electrons. The number of benzene rings is 2. The average Bonchev–Trinajstić information content (AvgIpc) is 3.19. The van der Waals surface area contributed by atoms with Crippen molar-refractivity contribution in [3.05, 3.63) is 72.1 Å². The summed E-state index contributed by atoms with van der Waals surface area (Å²) in [6.07, 6.45) is 8.20. The van der Waals surface area contributed by atoms with Crippen molar-refractivity contribution < 1.29 is 0 Å². The number of rotatable bonds is 1. The Labute approximate surface area is 122 Å². The van der Waals surface area contributed by atoms with E-state index < -0.39 is 0 Å². The van der Waals surface area contributed by atoms with E-state index in [4.69, 9.17) is 0 Å². The highest BCUT2D eigenvalue weighted by Crippen LogP contribution is 2.47. The average molecular weight is 270 g/mol. The van der Waals surface area contributed by atoms with Crippen LogP contribution in [0.4, 0.5) is 0 Å². The van der Waals surface area contributed by atoms with E-state index in [2.05, 4.69) is 58.5 Å². The van der Waals surface area contributed by atoms with Gasteiger partial charge in [-0.1, -0.05) is 42.5 Å². The Balaban J connectivity index is 1.92. The normalized spacial score (nSPS) is 21.9. The zero-order chi connectivity index (χ0) is 13.8. The van der Waals surface area contributed by atoms with E-state index in [1.54, 1.807) is 0 Å². The lowest BCUT2D eigenvalue weighted by molar-refractivity contribution is 0.699. The molecule has 2 nitrogen and oxygen atoms in total. The van der Waals surface area contributed by atoms with Crippen LogP contribution in [0.1, 0.15) is 17.2 Å². The fourth-order valence-corrected chi connectivity index (χ4v) is 3.80. The molecule has 3 aromatic rings. The van der Waals surface area contributed by atoms with Crippen LogP contribution in [0.5, 0.6) is 0 Å². The fraction of sp³-hybridized carbons (Fsp3) is 0.105. The Morgan fingerprint density at radius 2 is 1.86 bits per heavy atom. The van der Waals surface area contributed by atoms with Gasteiger partial charge in [0.2, 0.25) is 0 Å². The summed E-state index contributed by atoms with van der Waals surface area (Å²) in [7, 11) is 0. The molecule has 0 saturated heterocycles. The van der Waals surface area contributed by atoms with E-state index in [0.717, 1.165) is 0 Å². The molecule has 1 aliphatic heterocycles. The number of nitrogens with zero attached hydrogens (tertiary/aromatic N) is 1. The van der Waals surface area contributed by atoms with Crippen molar-refractivity contribution in [3.63, 3.8) is 0 Å². The summed E-state index contributed by atoms with van der Waals surface area (Å²) in [4.78, 5) is 8.10. The molecule has 2 aromatic carbocycles. The van der Waals surface area contributed by atoms with Crippen LogP contribution in [-0.2, 0) is 0 Å². The second kappa shape index (κ2) is 3.95. The minimum atomic E-state index is 0.196. The standard InChI is InChI=1S/C19H14N2/c1-4-12-5-2-7-15-17(12)13(6-1)14-9-11-21-19(14)18(15)16-8-3-10-20-16/h1-11,16,18,21H. The van der Waals surface area contributed by atoms with Gasteiger partial charge in [0.05, 0.1) is 12.0 Å². The first-order chi connectivity index (χ1) is 10.4. The number of hydrogen-bond acceptors (Lipinski definition) is 1. The van der Waals surface area contributed by atoms with Gasteiger partial charge in [-0.2, -0.15) is 0 Å². The molecule has 0 fully saturated rings. The maximum absolute atomic E-state index is 4.64. The molecule has 2 heterocycles. The van der Waals surface area contributed by atoms with E-state index in [1.807, 2.05) is 18.5 Å². The first-order valence-corrected chi connectivity index (χ1v) is 7.33. The Kier molecular flexibility index (Phi) is 2.09. The highest BCUT2D eigenvalue weighted by atomic mass is 14.8. The third-order valence-electron chi connectivity index (χ3n) is 4.65. The monoisotopic (exact) mass is 270 g/mol. The molecule has 2 unspecified atom stereocenters. The lowest BCUT2D eigenvalue weighted by Gasteiger charge is -2.28. The molecule has 5 rings (SSSR count). The second-order valence-electron chi connectivity index (χ2n) is 5.71. The van der Waals surface area contributed by atoms with Crippen LogP contribution in [0.15, 0.2) is 65.8 Å². The lowest BCUT2D eigenvalue weighted by atomic mass is 9.77. The highest BCUT2D eigenvalue weighted by molar-refractivity contribution is 6.02. The van der Waals surface area contributed by atoms with Crippen LogP contribution in [0, 0.1) is 0 Å². The first-order valence-electron chi connectivity index (χ1n) is 7.33. The molecule has 1 N–H and O–H groups in total. The van der Waals surface area contributed by atoms with Gasteiger partial charge in [-0.25, -0.2) is 0 Å². The maximum atomic E-state index is 4.64. The van der Waals surface area contributed by atoms with Gasteiger partial charge in [0.1, 0.15) is 0 Å². The van der Waals surface area contributed by atoms with E-state index in [1.165, 1.54) is 33.2 Å². The molecular formula is C19H14N2. The molecule has 1 aromatic heterocycles. The predicted molar refractivity (Wildman–Crippen MR) is 87.0 cm³/mol. The lowest BCUT2D eigenvalue weighted by Crippen LogP contribution is -2.18. The van der Waals surface area contributed by atoms with Gasteiger partial charge in [0.25, 0.3) is 0 Å². The van der Waals surface area contributed by atoms with Crippen LogP contribution in [0.25, 0.3) is 21.9 Å². The minimum Gasteiger partial charge on any atom is -0.364 e. The molecule has 0 saturated carbocycles. The number of allylic oxidation sites excluding steroid dienone is 1. The van der Waals surface area contributed by atoms with Crippen LogP contribution in [-0.4, -0.2) is 17.2 Å².